The highest BCUT2D eigenvalue weighted by Crippen LogP contribution is 2.20. The van der Waals surface area contributed by atoms with E-state index in [4.69, 9.17) is 5.73 Å². The van der Waals surface area contributed by atoms with Gasteiger partial charge in [0, 0.05) is 39.6 Å². The van der Waals surface area contributed by atoms with Crippen LogP contribution in [0.4, 0.5) is 8.78 Å². The summed E-state index contributed by atoms with van der Waals surface area (Å²) >= 11 is 0. The molecule has 32 heavy (non-hydrogen) atoms. The van der Waals surface area contributed by atoms with Crippen LogP contribution in [0.2, 0.25) is 0 Å². The molecule has 1 atom stereocenters. The van der Waals surface area contributed by atoms with Crippen molar-refractivity contribution in [3.05, 3.63) is 59.4 Å². The predicted octanol–water partition coefficient (Wildman–Crippen LogP) is 2.84. The zero-order chi connectivity index (χ0) is 23.6. The van der Waals surface area contributed by atoms with Crippen LogP contribution in [0.25, 0.3) is 0 Å². The summed E-state index contributed by atoms with van der Waals surface area (Å²) in [4.78, 5) is 6.60. The minimum absolute atomic E-state index is 0.179. The third-order valence-corrected chi connectivity index (χ3v) is 5.34. The molecule has 1 aliphatic heterocycles. The molecule has 2 rings (SSSR count). The second-order valence-corrected chi connectivity index (χ2v) is 8.35. The second kappa shape index (κ2) is 12.7. The number of alkyl halides is 2. The fourth-order valence-electron chi connectivity index (χ4n) is 3.64. The smallest absolute Gasteiger partial charge is 0.301 e. The molecule has 0 spiro atoms. The quantitative estimate of drug-likeness (QED) is 0.130. The molecular weight excluding hydrogens is 410 g/mol. The number of hydrogen-bond acceptors (Lipinski definition) is 5. The first-order chi connectivity index (χ1) is 15.2. The van der Waals surface area contributed by atoms with Gasteiger partial charge in [-0.2, -0.15) is 8.78 Å². The third-order valence-electron chi connectivity index (χ3n) is 5.34. The summed E-state index contributed by atoms with van der Waals surface area (Å²) in [6.45, 7) is 13.5. The highest BCUT2D eigenvalue weighted by molar-refractivity contribution is 5.89. The van der Waals surface area contributed by atoms with Crippen LogP contribution in [0.5, 0.6) is 0 Å². The maximum absolute atomic E-state index is 14.0. The van der Waals surface area contributed by atoms with Crippen molar-refractivity contribution in [3.63, 3.8) is 0 Å². The molecule has 0 fully saturated rings. The van der Waals surface area contributed by atoms with E-state index in [1.54, 1.807) is 6.08 Å². The molecule has 1 aliphatic rings. The zero-order valence-corrected chi connectivity index (χ0v) is 19.6. The zero-order valence-electron chi connectivity index (χ0n) is 19.6. The second-order valence-electron chi connectivity index (χ2n) is 8.35. The molecule has 178 valence electrons. The van der Waals surface area contributed by atoms with Crippen molar-refractivity contribution in [2.24, 2.45) is 16.6 Å². The predicted molar refractivity (Wildman–Crippen MR) is 129 cm³/mol. The molecule has 0 aromatic heterocycles. The molecule has 0 saturated carbocycles. The van der Waals surface area contributed by atoms with Crippen molar-refractivity contribution >= 4 is 5.84 Å². The average Bonchev–Trinajstić information content (AvgIpc) is 2.75. The van der Waals surface area contributed by atoms with Gasteiger partial charge in [0.15, 0.2) is 5.84 Å². The topological polar surface area (TPSA) is 77.7 Å². The van der Waals surface area contributed by atoms with Gasteiger partial charge in [-0.15, -0.1) is 0 Å². The van der Waals surface area contributed by atoms with E-state index in [1.165, 1.54) is 11.1 Å². The molecule has 0 saturated heterocycles. The highest BCUT2D eigenvalue weighted by Gasteiger charge is 2.30. The van der Waals surface area contributed by atoms with Gasteiger partial charge in [-0.05, 0) is 36.1 Å². The van der Waals surface area contributed by atoms with Crippen LogP contribution in [0.3, 0.4) is 0 Å². The largest absolute Gasteiger partial charge is 0.383 e. The maximum atomic E-state index is 14.0. The first-order valence-corrected chi connectivity index (χ1v) is 11.3. The lowest BCUT2D eigenvalue weighted by atomic mass is 9.99. The monoisotopic (exact) mass is 448 g/mol. The molecule has 0 amide bonds. The molecule has 0 bridgehead atoms. The van der Waals surface area contributed by atoms with Gasteiger partial charge in [-0.3, -0.25) is 4.90 Å². The lowest BCUT2D eigenvalue weighted by molar-refractivity contribution is 0.0958. The minimum Gasteiger partial charge on any atom is -0.383 e. The summed E-state index contributed by atoms with van der Waals surface area (Å²) in [6.07, 6.45) is 2.66. The van der Waals surface area contributed by atoms with E-state index in [-0.39, 0.29) is 13.2 Å². The van der Waals surface area contributed by atoms with Crippen molar-refractivity contribution in [3.8, 4) is 0 Å². The van der Waals surface area contributed by atoms with E-state index in [2.05, 4.69) is 63.6 Å². The molecule has 6 nitrogen and oxygen atoms in total. The first-order valence-electron chi connectivity index (χ1n) is 11.3. The van der Waals surface area contributed by atoms with Crippen LogP contribution >= 0.6 is 0 Å². The van der Waals surface area contributed by atoms with E-state index in [0.717, 1.165) is 33.0 Å². The Morgan fingerprint density at radius 1 is 1.31 bits per heavy atom. The number of halogens is 2. The highest BCUT2D eigenvalue weighted by atomic mass is 19.3. The number of nitrogens with one attached hydrogen (secondary N) is 3. The number of nitrogens with two attached hydrogens (primary N) is 1. The standard InChI is InChI=1S/C24H38F2N6/c1-5-28-17-30-23(24(4,25)26)31-22(10-12-27)19(3)29-14-18(2)15-32-13-11-20-8-6-7-9-21(20)16-32/h6-10,18,28-29H,3,5,11-17,27H2,1-2,4H3,(H,30,31)/b22-10-. The molecule has 1 heterocycles. The summed E-state index contributed by atoms with van der Waals surface area (Å²) in [7, 11) is 0. The third kappa shape index (κ3) is 8.33. The molecule has 8 heteroatoms. The number of aliphatic imine (C=N–C) groups is 1. The van der Waals surface area contributed by atoms with E-state index in [0.29, 0.717) is 30.4 Å². The van der Waals surface area contributed by atoms with Crippen LogP contribution in [0.15, 0.2) is 53.3 Å². The maximum Gasteiger partial charge on any atom is 0.301 e. The molecule has 1 unspecified atom stereocenters. The van der Waals surface area contributed by atoms with E-state index >= 15 is 0 Å². The summed E-state index contributed by atoms with van der Waals surface area (Å²) < 4.78 is 28.0. The first kappa shape index (κ1) is 26.0. The van der Waals surface area contributed by atoms with Crippen LogP contribution in [-0.2, 0) is 13.0 Å². The van der Waals surface area contributed by atoms with E-state index in [1.807, 2.05) is 6.92 Å². The number of fused-ring (bicyclic) bond motifs is 1. The van der Waals surface area contributed by atoms with Crippen molar-refractivity contribution in [1.29, 1.82) is 0 Å². The van der Waals surface area contributed by atoms with Gasteiger partial charge in [0.2, 0.25) is 0 Å². The van der Waals surface area contributed by atoms with Gasteiger partial charge >= 0.3 is 5.92 Å². The minimum atomic E-state index is -3.11. The fourth-order valence-corrected chi connectivity index (χ4v) is 3.64. The van der Waals surface area contributed by atoms with Crippen molar-refractivity contribution < 1.29 is 8.78 Å². The van der Waals surface area contributed by atoms with Crippen LogP contribution in [-0.4, -0.2) is 56.1 Å². The van der Waals surface area contributed by atoms with Crippen LogP contribution in [0, 0.1) is 5.92 Å². The van der Waals surface area contributed by atoms with Gasteiger partial charge in [-0.25, -0.2) is 4.99 Å². The van der Waals surface area contributed by atoms with Crippen molar-refractivity contribution in [2.75, 3.05) is 39.4 Å². The molecule has 1 aromatic rings. The number of amidine groups is 1. The molecule has 0 radical (unpaired) electrons. The Hall–Kier alpha value is -2.29. The van der Waals surface area contributed by atoms with Crippen LogP contribution < -0.4 is 21.7 Å². The van der Waals surface area contributed by atoms with Crippen molar-refractivity contribution in [1.82, 2.24) is 20.9 Å². The van der Waals surface area contributed by atoms with Gasteiger partial charge in [0.05, 0.1) is 18.1 Å². The Morgan fingerprint density at radius 3 is 2.69 bits per heavy atom. The number of benzene rings is 1. The summed E-state index contributed by atoms with van der Waals surface area (Å²) in [5.74, 6) is -3.18. The normalized spacial score (nSPS) is 16.4. The summed E-state index contributed by atoms with van der Waals surface area (Å²) in [5, 5.41) is 8.88. The summed E-state index contributed by atoms with van der Waals surface area (Å²) in [6, 6.07) is 8.58. The average molecular weight is 449 g/mol. The van der Waals surface area contributed by atoms with Gasteiger partial charge in [0.25, 0.3) is 0 Å². The van der Waals surface area contributed by atoms with E-state index < -0.39 is 11.8 Å². The number of nitrogens with zero attached hydrogens (tertiary/aromatic N) is 2. The molecule has 5 N–H and O–H groups in total. The molecule has 0 aliphatic carbocycles. The Kier molecular flexibility index (Phi) is 10.3. The Balaban J connectivity index is 1.93. The lowest BCUT2D eigenvalue weighted by Gasteiger charge is -2.31. The number of rotatable bonds is 12. The van der Waals surface area contributed by atoms with Gasteiger partial charge in [0.1, 0.15) is 0 Å². The Labute approximate surface area is 191 Å². The Bertz CT molecular complexity index is 800. The van der Waals surface area contributed by atoms with Crippen LogP contribution in [0.1, 0.15) is 31.9 Å². The summed E-state index contributed by atoms with van der Waals surface area (Å²) in [5.41, 5.74) is 9.29. The SMILES string of the molecule is C=C(NCC(C)CN1CCc2ccccc2C1)C(=C/CN)/N=C(\NCNCC)C(C)(F)F. The van der Waals surface area contributed by atoms with Crippen molar-refractivity contribution in [2.45, 2.75) is 39.7 Å². The molecular formula is C24H38F2N6. The molecule has 1 aromatic carbocycles. The van der Waals surface area contributed by atoms with Gasteiger partial charge < -0.3 is 21.7 Å². The fraction of sp³-hybridized carbons (Fsp3) is 0.542. The lowest BCUT2D eigenvalue weighted by Crippen LogP contribution is -2.43. The van der Waals surface area contributed by atoms with E-state index in [9.17, 15) is 8.78 Å². The van der Waals surface area contributed by atoms with Gasteiger partial charge in [-0.1, -0.05) is 44.7 Å². The Morgan fingerprint density at radius 2 is 2.03 bits per heavy atom. The number of hydrogen-bond donors (Lipinski definition) is 4.